The van der Waals surface area contributed by atoms with Crippen molar-refractivity contribution in [1.82, 2.24) is 9.80 Å². The summed E-state index contributed by atoms with van der Waals surface area (Å²) in [4.78, 5) is 52.3. The normalized spacial score (nSPS) is 19.3. The second kappa shape index (κ2) is 7.65. The number of hydrogen-bond acceptors (Lipinski definition) is 6. The van der Waals surface area contributed by atoms with Crippen molar-refractivity contribution in [3.05, 3.63) is 24.3 Å². The molecular weight excluding hydrogens is 354 g/mol. The van der Waals surface area contributed by atoms with Crippen LogP contribution in [-0.2, 0) is 14.4 Å². The second-order valence-corrected chi connectivity index (χ2v) is 6.43. The first kappa shape index (κ1) is 18.7. The number of methoxy groups -OCH3 is 1. The molecule has 2 saturated heterocycles. The number of hydrogen-bond donors (Lipinski definition) is 0. The molecule has 2 heterocycles. The zero-order valence-electron chi connectivity index (χ0n) is 14.9. The number of urea groups is 1. The van der Waals surface area contributed by atoms with Gasteiger partial charge in [0, 0.05) is 31.5 Å². The first-order chi connectivity index (χ1) is 12.9. The number of aliphatic carboxylic acids is 1. The number of benzene rings is 1. The summed E-state index contributed by atoms with van der Waals surface area (Å²) in [6.07, 6.45) is 0.0768. The molecule has 0 aliphatic carbocycles. The van der Waals surface area contributed by atoms with Crippen LogP contribution < -0.4 is 14.7 Å². The van der Waals surface area contributed by atoms with Crippen molar-refractivity contribution in [2.45, 2.75) is 25.3 Å². The largest absolute Gasteiger partial charge is 0.550 e. The Morgan fingerprint density at radius 1 is 1.22 bits per heavy atom. The average Bonchev–Trinajstić information content (AvgIpc) is 2.91. The number of fused-ring (bicyclic) bond motifs is 1. The van der Waals surface area contributed by atoms with Crippen molar-refractivity contribution in [1.29, 1.82) is 0 Å². The fourth-order valence-corrected chi connectivity index (χ4v) is 3.35. The summed E-state index contributed by atoms with van der Waals surface area (Å²) >= 11 is 0. The fourth-order valence-electron chi connectivity index (χ4n) is 3.35. The van der Waals surface area contributed by atoms with Crippen molar-refractivity contribution in [3.63, 3.8) is 0 Å². The van der Waals surface area contributed by atoms with Gasteiger partial charge >= 0.3 is 6.03 Å². The molecule has 0 aromatic heterocycles. The van der Waals surface area contributed by atoms with E-state index in [2.05, 4.69) is 0 Å². The number of nitrogens with zero attached hydrogens (tertiary/aromatic N) is 3. The van der Waals surface area contributed by atoms with E-state index in [4.69, 9.17) is 4.74 Å². The van der Waals surface area contributed by atoms with E-state index in [0.29, 0.717) is 18.0 Å². The van der Waals surface area contributed by atoms with Crippen molar-refractivity contribution in [2.75, 3.05) is 31.6 Å². The molecule has 0 N–H and O–H groups in total. The molecule has 27 heavy (non-hydrogen) atoms. The Kier molecular flexibility index (Phi) is 5.29. The Labute approximate surface area is 156 Å². The summed E-state index contributed by atoms with van der Waals surface area (Å²) in [5, 5.41) is 10.5. The van der Waals surface area contributed by atoms with Crippen molar-refractivity contribution in [3.8, 4) is 5.75 Å². The highest BCUT2D eigenvalue weighted by atomic mass is 16.5. The highest BCUT2D eigenvalue weighted by Gasteiger charge is 2.48. The smallest absolute Gasteiger partial charge is 0.332 e. The van der Waals surface area contributed by atoms with Gasteiger partial charge in [-0.2, -0.15) is 0 Å². The number of amides is 4. The van der Waals surface area contributed by atoms with Gasteiger partial charge in [-0.3, -0.25) is 9.59 Å². The fraction of sp³-hybridized carbons (Fsp3) is 0.444. The van der Waals surface area contributed by atoms with Crippen LogP contribution in [0.15, 0.2) is 24.3 Å². The van der Waals surface area contributed by atoms with E-state index < -0.39 is 18.0 Å². The number of carbonyl (C=O) groups is 4. The lowest BCUT2D eigenvalue weighted by Crippen LogP contribution is -2.54. The van der Waals surface area contributed by atoms with Gasteiger partial charge < -0.3 is 24.4 Å². The van der Waals surface area contributed by atoms with E-state index in [1.54, 1.807) is 24.3 Å². The van der Waals surface area contributed by atoms with E-state index in [1.165, 1.54) is 16.9 Å². The zero-order chi connectivity index (χ0) is 19.6. The van der Waals surface area contributed by atoms with Crippen molar-refractivity contribution in [2.24, 2.45) is 0 Å². The Bertz CT molecular complexity index is 780. The van der Waals surface area contributed by atoms with Gasteiger partial charge in [-0.15, -0.1) is 0 Å². The summed E-state index contributed by atoms with van der Waals surface area (Å²) in [6, 6.07) is 5.52. The predicted octanol–water partition coefficient (Wildman–Crippen LogP) is -0.405. The molecule has 144 valence electrons. The van der Waals surface area contributed by atoms with Gasteiger partial charge in [0.25, 0.3) is 5.91 Å². The van der Waals surface area contributed by atoms with Crippen LogP contribution in [0, 0.1) is 0 Å². The van der Waals surface area contributed by atoms with Crippen LogP contribution in [0.4, 0.5) is 10.5 Å². The lowest BCUT2D eigenvalue weighted by Gasteiger charge is -2.35. The second-order valence-electron chi connectivity index (χ2n) is 6.43. The van der Waals surface area contributed by atoms with Crippen LogP contribution in [0.3, 0.4) is 0 Å². The van der Waals surface area contributed by atoms with Crippen LogP contribution in [0.5, 0.6) is 5.75 Å². The Morgan fingerprint density at radius 3 is 2.70 bits per heavy atom. The molecule has 9 heteroatoms. The topological polar surface area (TPSA) is 110 Å². The number of piperazine rings is 1. The summed E-state index contributed by atoms with van der Waals surface area (Å²) in [7, 11) is 1.50. The first-order valence-corrected chi connectivity index (χ1v) is 8.68. The minimum Gasteiger partial charge on any atom is -0.550 e. The van der Waals surface area contributed by atoms with Crippen molar-refractivity contribution >= 4 is 29.5 Å². The van der Waals surface area contributed by atoms with Gasteiger partial charge in [-0.25, -0.2) is 9.69 Å². The maximum atomic E-state index is 12.8. The standard InChI is InChI=1S/C18H21N3O6/c1-27-13-5-2-4-12(10-13)21-17(25)14-11-19(8-9-20(14)18(21)26)15(22)6-3-7-16(23)24/h2,4-5,10,14H,3,6-9,11H2,1H3,(H,23,24)/p-1/t14-/m1/s1. The van der Waals surface area contributed by atoms with Gasteiger partial charge in [0.2, 0.25) is 5.91 Å². The lowest BCUT2D eigenvalue weighted by molar-refractivity contribution is -0.305. The number of carboxylic acids is 1. The molecule has 0 saturated carbocycles. The SMILES string of the molecule is COc1cccc(N2C(=O)[C@H]3CN(C(=O)CCCC(=O)[O-])CCN3C2=O)c1. The predicted molar refractivity (Wildman–Crippen MR) is 91.8 cm³/mol. The van der Waals surface area contributed by atoms with Crippen LogP contribution in [0.25, 0.3) is 0 Å². The molecule has 0 spiro atoms. The summed E-state index contributed by atoms with van der Waals surface area (Å²) in [6.45, 7) is 0.669. The number of carbonyl (C=O) groups excluding carboxylic acids is 4. The maximum absolute atomic E-state index is 12.8. The molecule has 1 aromatic rings. The number of anilines is 1. The Balaban J connectivity index is 1.70. The molecule has 4 amide bonds. The summed E-state index contributed by atoms with van der Waals surface area (Å²) < 4.78 is 5.14. The zero-order valence-corrected chi connectivity index (χ0v) is 14.9. The summed E-state index contributed by atoms with van der Waals surface area (Å²) in [5.74, 6) is -1.28. The maximum Gasteiger partial charge on any atom is 0.332 e. The van der Waals surface area contributed by atoms with Gasteiger partial charge in [0.05, 0.1) is 19.3 Å². The average molecular weight is 374 g/mol. The van der Waals surface area contributed by atoms with Crippen LogP contribution >= 0.6 is 0 Å². The molecule has 0 unspecified atom stereocenters. The molecule has 2 aliphatic rings. The molecular formula is C18H20N3O6-. The van der Waals surface area contributed by atoms with Crippen LogP contribution in [0.1, 0.15) is 19.3 Å². The summed E-state index contributed by atoms with van der Waals surface area (Å²) in [5.41, 5.74) is 0.422. The van der Waals surface area contributed by atoms with E-state index in [-0.39, 0.29) is 44.2 Å². The highest BCUT2D eigenvalue weighted by molar-refractivity contribution is 6.21. The number of ether oxygens (including phenoxy) is 1. The Hall–Kier alpha value is -3.10. The molecule has 2 aliphatic heterocycles. The molecule has 9 nitrogen and oxygen atoms in total. The molecule has 3 rings (SSSR count). The lowest BCUT2D eigenvalue weighted by atomic mass is 10.1. The molecule has 1 aromatic carbocycles. The van der Waals surface area contributed by atoms with E-state index in [0.717, 1.165) is 4.90 Å². The van der Waals surface area contributed by atoms with Gasteiger partial charge in [0.1, 0.15) is 11.8 Å². The quantitative estimate of drug-likeness (QED) is 0.626. The van der Waals surface area contributed by atoms with E-state index >= 15 is 0 Å². The number of rotatable bonds is 6. The minimum absolute atomic E-state index is 0.0719. The third-order valence-electron chi connectivity index (χ3n) is 4.76. The Morgan fingerprint density at radius 2 is 2.00 bits per heavy atom. The van der Waals surface area contributed by atoms with E-state index in [9.17, 15) is 24.3 Å². The first-order valence-electron chi connectivity index (χ1n) is 8.68. The van der Waals surface area contributed by atoms with E-state index in [1.807, 2.05) is 0 Å². The minimum atomic E-state index is -1.20. The number of carboxylic acid groups (broad SMARTS) is 1. The van der Waals surface area contributed by atoms with Crippen LogP contribution in [0.2, 0.25) is 0 Å². The highest BCUT2D eigenvalue weighted by Crippen LogP contribution is 2.29. The van der Waals surface area contributed by atoms with Crippen LogP contribution in [-0.4, -0.2) is 66.4 Å². The monoisotopic (exact) mass is 374 g/mol. The molecule has 1 atom stereocenters. The third-order valence-corrected chi connectivity index (χ3v) is 4.76. The molecule has 0 radical (unpaired) electrons. The van der Waals surface area contributed by atoms with Gasteiger partial charge in [-0.05, 0) is 25.0 Å². The number of imide groups is 1. The molecule has 2 fully saturated rings. The van der Waals surface area contributed by atoms with Gasteiger partial charge in [-0.1, -0.05) is 6.07 Å². The third kappa shape index (κ3) is 3.71. The molecule has 0 bridgehead atoms. The van der Waals surface area contributed by atoms with Crippen molar-refractivity contribution < 1.29 is 29.0 Å². The van der Waals surface area contributed by atoms with Gasteiger partial charge in [0.15, 0.2) is 0 Å².